The maximum atomic E-state index is 12.5. The Morgan fingerprint density at radius 2 is 1.90 bits per heavy atom. The largest absolute Gasteiger partial charge is 0.478 e. The Labute approximate surface area is 130 Å². The number of rotatable bonds is 4. The number of carboxylic acids is 1. The van der Waals surface area contributed by atoms with Gasteiger partial charge in [0.25, 0.3) is 0 Å². The van der Waals surface area contributed by atoms with Gasteiger partial charge in [0.2, 0.25) is 0 Å². The van der Waals surface area contributed by atoms with Crippen molar-refractivity contribution in [1.82, 2.24) is 9.78 Å². The first kappa shape index (κ1) is 15.8. The van der Waals surface area contributed by atoms with E-state index in [0.29, 0.717) is 0 Å². The zero-order valence-electron chi connectivity index (χ0n) is 10.7. The molecule has 1 heterocycles. The zero-order chi connectivity index (χ0) is 15.8. The van der Waals surface area contributed by atoms with Gasteiger partial charge in [0.05, 0.1) is 27.7 Å². The fourth-order valence-corrected chi connectivity index (χ4v) is 4.52. The van der Waals surface area contributed by atoms with Gasteiger partial charge in [-0.05, 0) is 12.1 Å². The van der Waals surface area contributed by atoms with Gasteiger partial charge in [-0.25, -0.2) is 13.2 Å². The molecule has 0 aliphatic carbocycles. The summed E-state index contributed by atoms with van der Waals surface area (Å²) in [5.74, 6) is -1.81. The van der Waals surface area contributed by atoms with Crippen molar-refractivity contribution in [3.8, 4) is 0 Å². The molecule has 112 valence electrons. The number of aryl methyl sites for hydroxylation is 1. The molecule has 6 nitrogen and oxygen atoms in total. The lowest BCUT2D eigenvalue weighted by atomic mass is 10.3. The molecule has 2 aromatic rings. The predicted molar refractivity (Wildman–Crippen MR) is 77.5 cm³/mol. The van der Waals surface area contributed by atoms with E-state index < -0.39 is 21.6 Å². The van der Waals surface area contributed by atoms with E-state index in [2.05, 4.69) is 5.10 Å². The summed E-state index contributed by atoms with van der Waals surface area (Å²) in [6, 6.07) is 4.33. The number of hydrogen-bond acceptors (Lipinski definition) is 4. The fourth-order valence-electron chi connectivity index (χ4n) is 1.84. The molecule has 1 N–H and O–H groups in total. The number of halogens is 2. The minimum absolute atomic E-state index is 0.0125. The standard InChI is InChI=1S/C12H10Cl2N2O4S/c1-16-10(7(5-15-16)12(17)18)6-21(19,20)11-8(13)3-2-4-9(11)14/h2-5H,6H2,1H3,(H,17,18). The molecule has 0 aliphatic rings. The highest BCUT2D eigenvalue weighted by Gasteiger charge is 2.26. The van der Waals surface area contributed by atoms with Gasteiger partial charge in [0, 0.05) is 7.05 Å². The summed E-state index contributed by atoms with van der Waals surface area (Å²) in [5, 5.41) is 12.8. The molecule has 1 aromatic carbocycles. The average molecular weight is 349 g/mol. The van der Waals surface area contributed by atoms with Gasteiger partial charge in [-0.3, -0.25) is 4.68 Å². The van der Waals surface area contributed by atoms with Crippen LogP contribution in [0, 0.1) is 0 Å². The summed E-state index contributed by atoms with van der Waals surface area (Å²) in [4.78, 5) is 10.9. The maximum Gasteiger partial charge on any atom is 0.339 e. The second kappa shape index (κ2) is 5.67. The second-order valence-corrected chi connectivity index (χ2v) is 6.98. The average Bonchev–Trinajstić information content (AvgIpc) is 2.70. The molecule has 0 aliphatic heterocycles. The van der Waals surface area contributed by atoms with Crippen LogP contribution < -0.4 is 0 Å². The minimum atomic E-state index is -3.91. The number of sulfone groups is 1. The quantitative estimate of drug-likeness (QED) is 0.916. The normalized spacial score (nSPS) is 11.6. The third-order valence-corrected chi connectivity index (χ3v) is 5.42. The van der Waals surface area contributed by atoms with Crippen LogP contribution in [0.15, 0.2) is 29.3 Å². The van der Waals surface area contributed by atoms with E-state index in [-0.39, 0.29) is 26.2 Å². The number of aromatic nitrogens is 2. The van der Waals surface area contributed by atoms with Gasteiger partial charge in [0.1, 0.15) is 10.5 Å². The molecule has 0 fully saturated rings. The molecule has 0 amide bonds. The van der Waals surface area contributed by atoms with Crippen LogP contribution in [0.3, 0.4) is 0 Å². The topological polar surface area (TPSA) is 89.3 Å². The summed E-state index contributed by atoms with van der Waals surface area (Å²) in [6.07, 6.45) is 1.10. The Kier molecular flexibility index (Phi) is 4.27. The van der Waals surface area contributed by atoms with Crippen molar-refractivity contribution in [2.24, 2.45) is 7.05 Å². The summed E-state index contributed by atoms with van der Waals surface area (Å²) < 4.78 is 26.1. The second-order valence-electron chi connectivity index (χ2n) is 4.24. The van der Waals surface area contributed by atoms with E-state index in [0.717, 1.165) is 6.20 Å². The van der Waals surface area contributed by atoms with Crippen LogP contribution in [0.25, 0.3) is 0 Å². The molecule has 0 atom stereocenters. The van der Waals surface area contributed by atoms with Crippen LogP contribution in [0.4, 0.5) is 0 Å². The van der Waals surface area contributed by atoms with Crippen LogP contribution in [0.1, 0.15) is 16.1 Å². The number of carboxylic acid groups (broad SMARTS) is 1. The Bertz CT molecular complexity index is 794. The SMILES string of the molecule is Cn1ncc(C(=O)O)c1CS(=O)(=O)c1c(Cl)cccc1Cl. The molecule has 0 unspecified atom stereocenters. The summed E-state index contributed by atoms with van der Waals surface area (Å²) in [6.45, 7) is 0. The molecule has 0 bridgehead atoms. The number of aromatic carboxylic acids is 1. The number of hydrogen-bond donors (Lipinski definition) is 1. The fraction of sp³-hybridized carbons (Fsp3) is 0.167. The van der Waals surface area contributed by atoms with E-state index in [1.54, 1.807) is 0 Å². The molecular formula is C12H10Cl2N2O4S. The van der Waals surface area contributed by atoms with Crippen molar-refractivity contribution >= 4 is 39.0 Å². The lowest BCUT2D eigenvalue weighted by molar-refractivity contribution is 0.0696. The smallest absolute Gasteiger partial charge is 0.339 e. The molecule has 0 radical (unpaired) electrons. The minimum Gasteiger partial charge on any atom is -0.478 e. The first-order valence-electron chi connectivity index (χ1n) is 5.65. The van der Waals surface area contributed by atoms with E-state index in [1.807, 2.05) is 0 Å². The van der Waals surface area contributed by atoms with Gasteiger partial charge >= 0.3 is 5.97 Å². The first-order valence-corrected chi connectivity index (χ1v) is 8.06. The van der Waals surface area contributed by atoms with E-state index in [4.69, 9.17) is 28.3 Å². The number of nitrogens with zero attached hydrogens (tertiary/aromatic N) is 2. The molecule has 9 heteroatoms. The Morgan fingerprint density at radius 1 is 1.33 bits per heavy atom. The Morgan fingerprint density at radius 3 is 2.43 bits per heavy atom. The van der Waals surface area contributed by atoms with Gasteiger partial charge in [-0.2, -0.15) is 5.10 Å². The van der Waals surface area contributed by atoms with E-state index in [9.17, 15) is 13.2 Å². The highest BCUT2D eigenvalue weighted by atomic mass is 35.5. The maximum absolute atomic E-state index is 12.5. The highest BCUT2D eigenvalue weighted by molar-refractivity contribution is 7.90. The van der Waals surface area contributed by atoms with Crippen molar-refractivity contribution in [1.29, 1.82) is 0 Å². The Balaban J connectivity index is 2.53. The van der Waals surface area contributed by atoms with Crippen molar-refractivity contribution in [3.63, 3.8) is 0 Å². The molecule has 0 saturated carbocycles. The zero-order valence-corrected chi connectivity index (χ0v) is 13.1. The van der Waals surface area contributed by atoms with Crippen LogP contribution >= 0.6 is 23.2 Å². The summed E-state index contributed by atoms with van der Waals surface area (Å²) >= 11 is 11.8. The summed E-state index contributed by atoms with van der Waals surface area (Å²) in [7, 11) is -2.45. The molecule has 21 heavy (non-hydrogen) atoms. The monoisotopic (exact) mass is 348 g/mol. The lowest BCUT2D eigenvalue weighted by Crippen LogP contribution is -2.13. The van der Waals surface area contributed by atoms with Crippen molar-refractivity contribution in [2.45, 2.75) is 10.6 Å². The molecule has 0 spiro atoms. The number of benzene rings is 1. The van der Waals surface area contributed by atoms with E-state index >= 15 is 0 Å². The van der Waals surface area contributed by atoms with Crippen LogP contribution in [-0.2, 0) is 22.6 Å². The summed E-state index contributed by atoms with van der Waals surface area (Å²) in [5.41, 5.74) is -0.122. The van der Waals surface area contributed by atoms with E-state index in [1.165, 1.54) is 29.9 Å². The molecule has 0 saturated heterocycles. The lowest BCUT2D eigenvalue weighted by Gasteiger charge is -2.09. The highest BCUT2D eigenvalue weighted by Crippen LogP contribution is 2.31. The van der Waals surface area contributed by atoms with Gasteiger partial charge in [0.15, 0.2) is 9.84 Å². The molecular weight excluding hydrogens is 339 g/mol. The molecule has 2 rings (SSSR count). The van der Waals surface area contributed by atoms with Crippen molar-refractivity contribution in [2.75, 3.05) is 0 Å². The van der Waals surface area contributed by atoms with Crippen molar-refractivity contribution < 1.29 is 18.3 Å². The van der Waals surface area contributed by atoms with Gasteiger partial charge in [-0.1, -0.05) is 29.3 Å². The van der Waals surface area contributed by atoms with Crippen LogP contribution in [0.2, 0.25) is 10.0 Å². The predicted octanol–water partition coefficient (Wildman–Crippen LogP) is 2.40. The van der Waals surface area contributed by atoms with Crippen LogP contribution in [-0.4, -0.2) is 29.3 Å². The third-order valence-electron chi connectivity index (χ3n) is 2.85. The van der Waals surface area contributed by atoms with Crippen molar-refractivity contribution in [3.05, 3.63) is 45.7 Å². The van der Waals surface area contributed by atoms with Crippen LogP contribution in [0.5, 0.6) is 0 Å². The van der Waals surface area contributed by atoms with Gasteiger partial charge < -0.3 is 5.11 Å². The molecule has 1 aromatic heterocycles. The van der Waals surface area contributed by atoms with Gasteiger partial charge in [-0.15, -0.1) is 0 Å². The third kappa shape index (κ3) is 3.04. The number of carbonyl (C=O) groups is 1. The Hall–Kier alpha value is -1.57. The first-order chi connectivity index (χ1) is 9.74.